The quantitative estimate of drug-likeness (QED) is 0.834. The van der Waals surface area contributed by atoms with Gasteiger partial charge in [0.05, 0.1) is 0 Å². The van der Waals surface area contributed by atoms with Gasteiger partial charge in [-0.25, -0.2) is 0 Å². The Kier molecular flexibility index (Phi) is 5.36. The van der Waals surface area contributed by atoms with E-state index in [0.717, 1.165) is 17.2 Å². The van der Waals surface area contributed by atoms with E-state index >= 15 is 0 Å². The largest absolute Gasteiger partial charge is 0.481 e. The van der Waals surface area contributed by atoms with Gasteiger partial charge in [0.1, 0.15) is 5.75 Å². The van der Waals surface area contributed by atoms with Crippen LogP contribution in [0.1, 0.15) is 26.7 Å². The van der Waals surface area contributed by atoms with Gasteiger partial charge in [0.15, 0.2) is 6.10 Å². The van der Waals surface area contributed by atoms with Crippen molar-refractivity contribution in [3.63, 3.8) is 0 Å². The third-order valence-corrected chi connectivity index (χ3v) is 3.21. The van der Waals surface area contributed by atoms with Crippen molar-refractivity contribution in [3.8, 4) is 5.75 Å². The fourth-order valence-corrected chi connectivity index (χ4v) is 2.02. The molecule has 0 aliphatic rings. The number of hydrogen-bond acceptors (Lipinski definition) is 3. The van der Waals surface area contributed by atoms with Crippen LogP contribution < -0.4 is 15.6 Å². The summed E-state index contributed by atoms with van der Waals surface area (Å²) in [4.78, 5) is 23.2. The minimum atomic E-state index is -0.705. The molecule has 0 aliphatic carbocycles. The van der Waals surface area contributed by atoms with Crippen molar-refractivity contribution in [3.05, 3.63) is 42.5 Å². The van der Waals surface area contributed by atoms with Crippen LogP contribution in [0.25, 0.3) is 10.8 Å². The maximum absolute atomic E-state index is 11.9. The molecule has 5 nitrogen and oxygen atoms in total. The predicted octanol–water partition coefficient (Wildman–Crippen LogP) is 2.55. The first-order valence-corrected chi connectivity index (χ1v) is 7.34. The number of nitrogens with one attached hydrogen (secondary N) is 2. The lowest BCUT2D eigenvalue weighted by Gasteiger charge is -2.15. The molecule has 0 aliphatic heterocycles. The number of hydrogen-bond donors (Lipinski definition) is 2. The topological polar surface area (TPSA) is 67.4 Å². The molecule has 0 saturated heterocycles. The number of fused-ring (bicyclic) bond motifs is 1. The number of amides is 2. The Morgan fingerprint density at radius 3 is 2.55 bits per heavy atom. The van der Waals surface area contributed by atoms with E-state index < -0.39 is 12.0 Å². The van der Waals surface area contributed by atoms with Crippen molar-refractivity contribution in [2.75, 3.05) is 0 Å². The molecule has 116 valence electrons. The number of rotatable bonds is 5. The number of hydrazine groups is 1. The number of benzene rings is 2. The van der Waals surface area contributed by atoms with E-state index in [1.165, 1.54) is 0 Å². The van der Waals surface area contributed by atoms with E-state index in [2.05, 4.69) is 10.9 Å². The summed E-state index contributed by atoms with van der Waals surface area (Å²) >= 11 is 0. The van der Waals surface area contributed by atoms with Crippen LogP contribution >= 0.6 is 0 Å². The lowest BCUT2D eigenvalue weighted by molar-refractivity contribution is -0.132. The van der Waals surface area contributed by atoms with Crippen LogP contribution in [-0.2, 0) is 9.59 Å². The first-order chi connectivity index (χ1) is 10.6. The molecule has 0 bridgehead atoms. The Morgan fingerprint density at radius 1 is 1.09 bits per heavy atom. The zero-order chi connectivity index (χ0) is 15.9. The highest BCUT2D eigenvalue weighted by Gasteiger charge is 2.15. The lowest BCUT2D eigenvalue weighted by Crippen LogP contribution is -2.47. The minimum Gasteiger partial charge on any atom is -0.481 e. The molecule has 22 heavy (non-hydrogen) atoms. The van der Waals surface area contributed by atoms with E-state index in [4.69, 9.17) is 4.74 Å². The Morgan fingerprint density at radius 2 is 1.82 bits per heavy atom. The molecule has 2 amide bonds. The van der Waals surface area contributed by atoms with Crippen LogP contribution in [0.15, 0.2) is 42.5 Å². The van der Waals surface area contributed by atoms with Gasteiger partial charge >= 0.3 is 0 Å². The summed E-state index contributed by atoms with van der Waals surface area (Å²) in [6.07, 6.45) is 0.397. The second-order valence-corrected chi connectivity index (χ2v) is 5.06. The molecule has 0 aromatic heterocycles. The number of ether oxygens (including phenoxy) is 1. The van der Waals surface area contributed by atoms with Crippen LogP contribution in [0, 0.1) is 0 Å². The zero-order valence-corrected chi connectivity index (χ0v) is 12.8. The summed E-state index contributed by atoms with van der Waals surface area (Å²) in [5.74, 6) is 0.00704. The molecule has 0 fully saturated rings. The zero-order valence-electron chi connectivity index (χ0n) is 12.8. The Balaban J connectivity index is 1.93. The molecule has 0 spiro atoms. The van der Waals surface area contributed by atoms with Crippen molar-refractivity contribution in [1.29, 1.82) is 0 Å². The molecule has 2 aromatic carbocycles. The Bertz CT molecular complexity index is 670. The van der Waals surface area contributed by atoms with Gasteiger partial charge in [-0.3, -0.25) is 20.4 Å². The maximum Gasteiger partial charge on any atom is 0.279 e. The third-order valence-electron chi connectivity index (χ3n) is 3.21. The van der Waals surface area contributed by atoms with Gasteiger partial charge in [0, 0.05) is 6.42 Å². The minimum absolute atomic E-state index is 0.214. The predicted molar refractivity (Wildman–Crippen MR) is 85.2 cm³/mol. The molecule has 2 N–H and O–H groups in total. The molecule has 2 rings (SSSR count). The first kappa shape index (κ1) is 15.8. The van der Waals surface area contributed by atoms with Crippen LogP contribution in [-0.4, -0.2) is 17.9 Å². The van der Waals surface area contributed by atoms with E-state index in [1.807, 2.05) is 49.4 Å². The Labute approximate surface area is 129 Å². The van der Waals surface area contributed by atoms with Gasteiger partial charge < -0.3 is 4.74 Å². The highest BCUT2D eigenvalue weighted by molar-refractivity contribution is 5.85. The van der Waals surface area contributed by atoms with Crippen molar-refractivity contribution in [2.45, 2.75) is 32.8 Å². The molecule has 1 atom stereocenters. The molecular weight excluding hydrogens is 280 g/mol. The van der Waals surface area contributed by atoms with Gasteiger partial charge in [0.2, 0.25) is 5.91 Å². The second kappa shape index (κ2) is 7.45. The second-order valence-electron chi connectivity index (χ2n) is 5.06. The summed E-state index contributed by atoms with van der Waals surface area (Å²) in [6.45, 7) is 3.53. The van der Waals surface area contributed by atoms with Crippen molar-refractivity contribution < 1.29 is 14.3 Å². The average Bonchev–Trinajstić information content (AvgIpc) is 2.52. The van der Waals surface area contributed by atoms with E-state index in [0.29, 0.717) is 12.2 Å². The fourth-order valence-electron chi connectivity index (χ4n) is 2.02. The summed E-state index contributed by atoms with van der Waals surface area (Å²) in [5.41, 5.74) is 4.72. The van der Waals surface area contributed by atoms with Crippen molar-refractivity contribution >= 4 is 22.6 Å². The van der Waals surface area contributed by atoms with Crippen molar-refractivity contribution in [1.82, 2.24) is 10.9 Å². The van der Waals surface area contributed by atoms with Crippen LogP contribution in [0.2, 0.25) is 0 Å². The fraction of sp³-hybridized carbons (Fsp3) is 0.294. The molecule has 1 unspecified atom stereocenters. The van der Waals surface area contributed by atoms with Crippen LogP contribution in [0.5, 0.6) is 5.75 Å². The third kappa shape index (κ3) is 4.22. The van der Waals surface area contributed by atoms with Crippen LogP contribution in [0.3, 0.4) is 0 Å². The normalized spacial score (nSPS) is 11.7. The van der Waals surface area contributed by atoms with Gasteiger partial charge in [-0.05, 0) is 36.2 Å². The summed E-state index contributed by atoms with van der Waals surface area (Å²) in [7, 11) is 0. The highest BCUT2D eigenvalue weighted by atomic mass is 16.5. The van der Waals surface area contributed by atoms with E-state index in [1.54, 1.807) is 6.92 Å². The SMILES string of the molecule is CCCC(=O)NNC(=O)C(C)Oc1ccc2ccccc2c1. The van der Waals surface area contributed by atoms with Gasteiger partial charge in [-0.2, -0.15) is 0 Å². The molecule has 0 radical (unpaired) electrons. The first-order valence-electron chi connectivity index (χ1n) is 7.34. The molecule has 2 aromatic rings. The molecule has 0 heterocycles. The monoisotopic (exact) mass is 300 g/mol. The van der Waals surface area contributed by atoms with Crippen LogP contribution in [0.4, 0.5) is 0 Å². The molecule has 0 saturated carbocycles. The van der Waals surface area contributed by atoms with E-state index in [-0.39, 0.29) is 5.91 Å². The summed E-state index contributed by atoms with van der Waals surface area (Å²) < 4.78 is 5.61. The number of carbonyl (C=O) groups is 2. The molecular formula is C17H20N2O3. The molecule has 5 heteroatoms. The van der Waals surface area contributed by atoms with Crippen molar-refractivity contribution in [2.24, 2.45) is 0 Å². The lowest BCUT2D eigenvalue weighted by atomic mass is 10.1. The van der Waals surface area contributed by atoms with Gasteiger partial charge in [-0.15, -0.1) is 0 Å². The average molecular weight is 300 g/mol. The maximum atomic E-state index is 11.9. The standard InChI is InChI=1S/C17H20N2O3/c1-3-6-16(20)18-19-17(21)12(2)22-15-10-9-13-7-4-5-8-14(13)11-15/h4-5,7-12H,3,6H2,1-2H3,(H,18,20)(H,19,21). The summed E-state index contributed by atoms with van der Waals surface area (Å²) in [5, 5.41) is 2.16. The highest BCUT2D eigenvalue weighted by Crippen LogP contribution is 2.21. The summed E-state index contributed by atoms with van der Waals surface area (Å²) in [6, 6.07) is 13.6. The van der Waals surface area contributed by atoms with Gasteiger partial charge in [-0.1, -0.05) is 37.3 Å². The van der Waals surface area contributed by atoms with E-state index in [9.17, 15) is 9.59 Å². The number of carbonyl (C=O) groups excluding carboxylic acids is 2. The Hall–Kier alpha value is -2.56. The van der Waals surface area contributed by atoms with Gasteiger partial charge in [0.25, 0.3) is 5.91 Å². The smallest absolute Gasteiger partial charge is 0.279 e.